The molecule has 0 aliphatic heterocycles. The maximum Gasteiger partial charge on any atom is 0.355 e. The summed E-state index contributed by atoms with van der Waals surface area (Å²) in [5, 5.41) is 9.24. The number of hydrogen-bond acceptors (Lipinski definition) is 4. The van der Waals surface area contributed by atoms with Crippen LogP contribution in [0.2, 0.25) is 0 Å². The van der Waals surface area contributed by atoms with Gasteiger partial charge >= 0.3 is 5.13 Å². The highest BCUT2D eigenvalue weighted by molar-refractivity contribution is 7.15. The molecule has 1 aromatic carbocycles. The van der Waals surface area contributed by atoms with E-state index < -0.39 is 0 Å². The molecular weight excluding hydrogens is 270 g/mol. The van der Waals surface area contributed by atoms with Crippen LogP contribution in [0.1, 0.15) is 27.3 Å². The quantitative estimate of drug-likeness (QED) is 0.584. The highest BCUT2D eigenvalue weighted by Crippen LogP contribution is 2.16. The molecule has 5 heteroatoms. The van der Waals surface area contributed by atoms with Crippen molar-refractivity contribution >= 4 is 16.5 Å². The number of nitrogen functional groups attached to an aromatic ring is 2. The maximum absolute atomic E-state index is 8.66. The fraction of sp³-hybridized carbons (Fsp3) is 0.400. The van der Waals surface area contributed by atoms with Crippen LogP contribution in [-0.2, 0) is 6.42 Å². The minimum absolute atomic E-state index is 0.140. The van der Waals surface area contributed by atoms with Gasteiger partial charge in [-0.2, -0.15) is 0 Å². The summed E-state index contributed by atoms with van der Waals surface area (Å²) in [6, 6.07) is 6.56. The lowest BCUT2D eigenvalue weighted by Gasteiger charge is -1.96. The first-order valence-corrected chi connectivity index (χ1v) is 7.37. The first kappa shape index (κ1) is 16.5. The average Bonchev–Trinajstić information content (AvgIpc) is 2.57. The monoisotopic (exact) mass is 294 g/mol. The van der Waals surface area contributed by atoms with E-state index >= 15 is 0 Å². The summed E-state index contributed by atoms with van der Waals surface area (Å²) in [5.41, 5.74) is 10.5. The van der Waals surface area contributed by atoms with Crippen LogP contribution < -0.4 is 16.3 Å². The number of thiazole rings is 1. The molecule has 5 N–H and O–H groups in total. The number of rotatable bonds is 2. The van der Waals surface area contributed by atoms with Crippen molar-refractivity contribution in [1.29, 1.82) is 0 Å². The fourth-order valence-corrected chi connectivity index (χ4v) is 3.01. The number of aliphatic hydroxyl groups excluding tert-OH is 1. The number of nitrogens with zero attached hydrogens (tertiary/aromatic N) is 1. The number of anilines is 1. The van der Waals surface area contributed by atoms with Gasteiger partial charge in [-0.05, 0) is 32.1 Å². The standard InChI is InChI=1S/C9H12.C6H11N3OS/c1-7-4-8(2)6-9(3)5-7;1-4-5(2-3-10)11-6(7)9(4)8/h4-6H,1-3H3;7,10H,2-3,8H2,1H3/p+1. The zero-order valence-electron chi connectivity index (χ0n) is 12.6. The van der Waals surface area contributed by atoms with Gasteiger partial charge in [-0.3, -0.25) is 11.6 Å². The van der Waals surface area contributed by atoms with E-state index in [1.807, 2.05) is 6.92 Å². The molecule has 0 fully saturated rings. The largest absolute Gasteiger partial charge is 0.396 e. The third-order valence-electron chi connectivity index (χ3n) is 2.93. The van der Waals surface area contributed by atoms with Crippen LogP contribution in [0.5, 0.6) is 0 Å². The molecule has 2 rings (SSSR count). The molecule has 0 bridgehead atoms. The summed E-state index contributed by atoms with van der Waals surface area (Å²) in [6.45, 7) is 8.40. The second-order valence-corrected chi connectivity index (χ2v) is 6.07. The lowest BCUT2D eigenvalue weighted by Crippen LogP contribution is -2.47. The zero-order chi connectivity index (χ0) is 15.3. The Labute approximate surface area is 124 Å². The first-order chi connectivity index (χ1) is 9.35. The maximum atomic E-state index is 8.66. The van der Waals surface area contributed by atoms with Gasteiger partial charge in [-0.1, -0.05) is 34.9 Å². The van der Waals surface area contributed by atoms with E-state index in [1.54, 1.807) is 0 Å². The molecule has 4 nitrogen and oxygen atoms in total. The van der Waals surface area contributed by atoms with Gasteiger partial charge in [-0.25, -0.2) is 0 Å². The predicted octanol–water partition coefficient (Wildman–Crippen LogP) is 1.79. The van der Waals surface area contributed by atoms with E-state index in [-0.39, 0.29) is 6.61 Å². The Hall–Kier alpha value is -1.59. The Bertz CT molecular complexity index is 528. The Morgan fingerprint density at radius 2 is 1.50 bits per heavy atom. The highest BCUT2D eigenvalue weighted by atomic mass is 32.1. The topological polar surface area (TPSA) is 76.2 Å². The molecule has 110 valence electrons. The van der Waals surface area contributed by atoms with Crippen LogP contribution in [0.25, 0.3) is 0 Å². The molecule has 1 heterocycles. The molecule has 0 radical (unpaired) electrons. The van der Waals surface area contributed by atoms with Crippen molar-refractivity contribution in [1.82, 2.24) is 0 Å². The van der Waals surface area contributed by atoms with Crippen molar-refractivity contribution in [2.24, 2.45) is 0 Å². The van der Waals surface area contributed by atoms with Crippen LogP contribution in [0, 0.1) is 27.7 Å². The number of aliphatic hydroxyl groups is 1. The Morgan fingerprint density at radius 1 is 1.05 bits per heavy atom. The summed E-state index contributed by atoms with van der Waals surface area (Å²) >= 11 is 1.42. The summed E-state index contributed by atoms with van der Waals surface area (Å²) < 4.78 is 1.44. The lowest BCUT2D eigenvalue weighted by molar-refractivity contribution is -0.626. The van der Waals surface area contributed by atoms with Gasteiger partial charge in [0.15, 0.2) is 0 Å². The summed E-state index contributed by atoms with van der Waals surface area (Å²) in [7, 11) is 0. The van der Waals surface area contributed by atoms with E-state index in [2.05, 4.69) is 39.0 Å². The van der Waals surface area contributed by atoms with Gasteiger partial charge in [0.1, 0.15) is 5.69 Å². The summed E-state index contributed by atoms with van der Waals surface area (Å²) in [5.74, 6) is 5.55. The molecule has 0 atom stereocenters. The first-order valence-electron chi connectivity index (χ1n) is 6.55. The molecule has 2 aromatic rings. The number of hydrogen-bond donors (Lipinski definition) is 3. The van der Waals surface area contributed by atoms with Crippen LogP contribution in [0.3, 0.4) is 0 Å². The third kappa shape index (κ3) is 4.51. The number of aromatic nitrogens is 1. The van der Waals surface area contributed by atoms with E-state index in [4.69, 9.17) is 16.7 Å². The van der Waals surface area contributed by atoms with Gasteiger partial charge < -0.3 is 5.11 Å². The summed E-state index contributed by atoms with van der Waals surface area (Å²) in [6.07, 6.45) is 0.630. The second-order valence-electron chi connectivity index (χ2n) is 4.96. The van der Waals surface area contributed by atoms with Crippen molar-refractivity contribution in [2.45, 2.75) is 34.1 Å². The smallest absolute Gasteiger partial charge is 0.355 e. The molecule has 0 aliphatic rings. The van der Waals surface area contributed by atoms with Gasteiger partial charge in [0.05, 0.1) is 4.88 Å². The van der Waals surface area contributed by atoms with Gasteiger partial charge in [0.2, 0.25) is 0 Å². The van der Waals surface area contributed by atoms with Gasteiger partial charge in [0.25, 0.3) is 0 Å². The molecule has 20 heavy (non-hydrogen) atoms. The Morgan fingerprint density at radius 3 is 1.80 bits per heavy atom. The van der Waals surface area contributed by atoms with Crippen molar-refractivity contribution in [3.8, 4) is 0 Å². The molecule has 1 aromatic heterocycles. The van der Waals surface area contributed by atoms with Crippen LogP contribution in [0.15, 0.2) is 18.2 Å². The molecule has 0 spiro atoms. The molecule has 0 aliphatic carbocycles. The minimum Gasteiger partial charge on any atom is -0.396 e. The molecular formula is C15H24N3OS+. The van der Waals surface area contributed by atoms with Crippen LogP contribution >= 0.6 is 11.3 Å². The average molecular weight is 294 g/mol. The fourth-order valence-electron chi connectivity index (χ4n) is 2.08. The van der Waals surface area contributed by atoms with E-state index in [0.29, 0.717) is 11.6 Å². The Kier molecular flexibility index (Phi) is 5.98. The van der Waals surface area contributed by atoms with Gasteiger partial charge in [0, 0.05) is 20.0 Å². The SMILES string of the molecule is Cc1c(CCO)sc(N)[n+]1N.Cc1cc(C)cc(C)c1. The minimum atomic E-state index is 0.140. The number of aryl methyl sites for hydroxylation is 3. The van der Waals surface area contributed by atoms with E-state index in [1.165, 1.54) is 32.7 Å². The van der Waals surface area contributed by atoms with Crippen molar-refractivity contribution in [3.05, 3.63) is 45.5 Å². The second kappa shape index (κ2) is 7.26. The van der Waals surface area contributed by atoms with Crippen LogP contribution in [-0.4, -0.2) is 11.7 Å². The molecule has 0 unspecified atom stereocenters. The van der Waals surface area contributed by atoms with E-state index in [9.17, 15) is 0 Å². The zero-order valence-corrected chi connectivity index (χ0v) is 13.4. The molecule has 0 amide bonds. The van der Waals surface area contributed by atoms with E-state index in [0.717, 1.165) is 10.6 Å². The van der Waals surface area contributed by atoms with Crippen molar-refractivity contribution < 1.29 is 9.78 Å². The number of nitrogens with two attached hydrogens (primary N) is 2. The number of benzene rings is 1. The molecule has 0 saturated carbocycles. The van der Waals surface area contributed by atoms with Gasteiger partial charge in [-0.15, -0.1) is 4.68 Å². The highest BCUT2D eigenvalue weighted by Gasteiger charge is 2.14. The normalized spacial score (nSPS) is 10.1. The molecule has 0 saturated heterocycles. The van der Waals surface area contributed by atoms with Crippen LogP contribution in [0.4, 0.5) is 5.13 Å². The predicted molar refractivity (Wildman–Crippen MR) is 85.3 cm³/mol. The van der Waals surface area contributed by atoms with Crippen molar-refractivity contribution in [2.75, 3.05) is 18.2 Å². The lowest BCUT2D eigenvalue weighted by atomic mass is 10.1. The third-order valence-corrected chi connectivity index (χ3v) is 4.09. The van der Waals surface area contributed by atoms with Crippen molar-refractivity contribution in [3.63, 3.8) is 0 Å². The Balaban J connectivity index is 0.000000204. The summed E-state index contributed by atoms with van der Waals surface area (Å²) in [4.78, 5) is 1.05.